The van der Waals surface area contributed by atoms with Crippen molar-refractivity contribution in [3.8, 4) is 5.75 Å². The SMILES string of the molecule is Cc1ccc(S(=O)(=O)N[C@@H](C)c2ccc(OCc3cccnc3)cc2)cc1. The average Bonchev–Trinajstić information content (AvgIpc) is 2.67. The topological polar surface area (TPSA) is 68.3 Å². The molecule has 3 rings (SSSR count). The molecular formula is C21H22N2O3S. The summed E-state index contributed by atoms with van der Waals surface area (Å²) < 4.78 is 33.5. The summed E-state index contributed by atoms with van der Waals surface area (Å²) in [7, 11) is -3.57. The van der Waals surface area contributed by atoms with Gasteiger partial charge in [-0.25, -0.2) is 13.1 Å². The third-order valence-electron chi connectivity index (χ3n) is 4.17. The Labute approximate surface area is 160 Å². The largest absolute Gasteiger partial charge is 0.489 e. The summed E-state index contributed by atoms with van der Waals surface area (Å²) in [4.78, 5) is 4.31. The molecule has 0 amide bonds. The van der Waals surface area contributed by atoms with E-state index in [2.05, 4.69) is 9.71 Å². The van der Waals surface area contributed by atoms with E-state index in [1.165, 1.54) is 0 Å². The number of ether oxygens (including phenoxy) is 1. The second kappa shape index (κ2) is 8.33. The van der Waals surface area contributed by atoms with E-state index >= 15 is 0 Å². The number of aryl methyl sites for hydroxylation is 1. The van der Waals surface area contributed by atoms with Gasteiger partial charge in [0.05, 0.1) is 4.90 Å². The van der Waals surface area contributed by atoms with Crippen LogP contribution < -0.4 is 9.46 Å². The first-order chi connectivity index (χ1) is 12.9. The summed E-state index contributed by atoms with van der Waals surface area (Å²) in [6.45, 7) is 4.17. The normalized spacial score (nSPS) is 12.5. The molecule has 1 atom stereocenters. The summed E-state index contributed by atoms with van der Waals surface area (Å²) in [5, 5.41) is 0. The van der Waals surface area contributed by atoms with Crippen molar-refractivity contribution < 1.29 is 13.2 Å². The maximum absolute atomic E-state index is 12.5. The zero-order valence-electron chi connectivity index (χ0n) is 15.3. The molecule has 1 aromatic heterocycles. The monoisotopic (exact) mass is 382 g/mol. The van der Waals surface area contributed by atoms with E-state index in [1.54, 1.807) is 36.7 Å². The third kappa shape index (κ3) is 5.15. The molecule has 6 heteroatoms. The molecule has 0 saturated heterocycles. The number of sulfonamides is 1. The van der Waals surface area contributed by atoms with Gasteiger partial charge >= 0.3 is 0 Å². The number of pyridine rings is 1. The van der Waals surface area contributed by atoms with Crippen molar-refractivity contribution in [1.29, 1.82) is 0 Å². The second-order valence-corrected chi connectivity index (χ2v) is 8.09. The lowest BCUT2D eigenvalue weighted by Gasteiger charge is -2.15. The summed E-state index contributed by atoms with van der Waals surface area (Å²) in [6, 6.07) is 17.6. The van der Waals surface area contributed by atoms with Gasteiger partial charge in [0.15, 0.2) is 0 Å². The molecule has 0 aliphatic heterocycles. The predicted octanol–water partition coefficient (Wildman–Crippen LogP) is 4.01. The van der Waals surface area contributed by atoms with Gasteiger partial charge < -0.3 is 4.74 Å². The zero-order valence-corrected chi connectivity index (χ0v) is 16.1. The minimum Gasteiger partial charge on any atom is -0.489 e. The number of nitrogens with one attached hydrogen (secondary N) is 1. The van der Waals surface area contributed by atoms with Gasteiger partial charge in [-0.05, 0) is 49.7 Å². The van der Waals surface area contributed by atoms with Crippen molar-refractivity contribution in [3.63, 3.8) is 0 Å². The van der Waals surface area contributed by atoms with E-state index in [9.17, 15) is 8.42 Å². The minimum absolute atomic E-state index is 0.261. The Morgan fingerprint density at radius 1 is 1.04 bits per heavy atom. The van der Waals surface area contributed by atoms with Gasteiger partial charge in [-0.3, -0.25) is 4.98 Å². The van der Waals surface area contributed by atoms with Crippen LogP contribution in [0.2, 0.25) is 0 Å². The molecule has 1 heterocycles. The Hall–Kier alpha value is -2.70. The van der Waals surface area contributed by atoms with E-state index < -0.39 is 10.0 Å². The van der Waals surface area contributed by atoms with E-state index in [1.807, 2.05) is 50.2 Å². The molecule has 2 aromatic carbocycles. The Balaban J connectivity index is 1.63. The molecule has 140 valence electrons. The van der Waals surface area contributed by atoms with Crippen molar-refractivity contribution in [2.75, 3.05) is 0 Å². The molecule has 0 aliphatic rings. The highest BCUT2D eigenvalue weighted by atomic mass is 32.2. The molecule has 0 spiro atoms. The summed E-state index contributed by atoms with van der Waals surface area (Å²) in [5.41, 5.74) is 2.86. The molecule has 0 radical (unpaired) electrons. The highest BCUT2D eigenvalue weighted by molar-refractivity contribution is 7.89. The maximum atomic E-state index is 12.5. The molecular weight excluding hydrogens is 360 g/mol. The smallest absolute Gasteiger partial charge is 0.241 e. The zero-order chi connectivity index (χ0) is 19.3. The van der Waals surface area contributed by atoms with Gasteiger partial charge in [0.25, 0.3) is 0 Å². The highest BCUT2D eigenvalue weighted by Gasteiger charge is 2.18. The van der Waals surface area contributed by atoms with Gasteiger partial charge in [-0.1, -0.05) is 35.9 Å². The lowest BCUT2D eigenvalue weighted by Crippen LogP contribution is -2.26. The van der Waals surface area contributed by atoms with Gasteiger partial charge in [0.2, 0.25) is 10.0 Å². The number of aromatic nitrogens is 1. The summed E-state index contributed by atoms with van der Waals surface area (Å²) >= 11 is 0. The molecule has 0 fully saturated rings. The molecule has 27 heavy (non-hydrogen) atoms. The summed E-state index contributed by atoms with van der Waals surface area (Å²) in [6.07, 6.45) is 3.48. The third-order valence-corrected chi connectivity index (χ3v) is 5.73. The van der Waals surface area contributed by atoms with Crippen LogP contribution in [0.3, 0.4) is 0 Å². The number of rotatable bonds is 7. The molecule has 5 nitrogen and oxygen atoms in total. The second-order valence-electron chi connectivity index (χ2n) is 6.38. The van der Waals surface area contributed by atoms with E-state index in [0.29, 0.717) is 6.61 Å². The van der Waals surface area contributed by atoms with Crippen LogP contribution >= 0.6 is 0 Å². The maximum Gasteiger partial charge on any atom is 0.241 e. The number of hydrogen-bond acceptors (Lipinski definition) is 4. The average molecular weight is 382 g/mol. The lowest BCUT2D eigenvalue weighted by molar-refractivity contribution is 0.305. The Bertz CT molecular complexity index is 970. The number of benzene rings is 2. The van der Waals surface area contributed by atoms with Crippen molar-refractivity contribution in [3.05, 3.63) is 89.7 Å². The van der Waals surface area contributed by atoms with Crippen LogP contribution in [-0.2, 0) is 16.6 Å². The predicted molar refractivity (Wildman–Crippen MR) is 105 cm³/mol. The Morgan fingerprint density at radius 2 is 1.74 bits per heavy atom. The van der Waals surface area contributed by atoms with Crippen LogP contribution in [0.15, 0.2) is 78.0 Å². The standard InChI is InChI=1S/C21H22N2O3S/c1-16-5-11-21(12-6-16)27(24,25)23-17(2)19-7-9-20(10-8-19)26-15-18-4-3-13-22-14-18/h3-14,17,23H,15H2,1-2H3/t17-/m0/s1. The van der Waals surface area contributed by atoms with E-state index in [4.69, 9.17) is 4.74 Å². The van der Waals surface area contributed by atoms with Crippen molar-refractivity contribution >= 4 is 10.0 Å². The van der Waals surface area contributed by atoms with Crippen LogP contribution in [0.5, 0.6) is 5.75 Å². The number of nitrogens with zero attached hydrogens (tertiary/aromatic N) is 1. The fourth-order valence-electron chi connectivity index (χ4n) is 2.59. The fraction of sp³-hybridized carbons (Fsp3) is 0.190. The summed E-state index contributed by atoms with van der Waals surface area (Å²) in [5.74, 6) is 0.719. The van der Waals surface area contributed by atoms with Crippen LogP contribution in [-0.4, -0.2) is 13.4 Å². The first-order valence-electron chi connectivity index (χ1n) is 8.65. The molecule has 0 bridgehead atoms. The van der Waals surface area contributed by atoms with Crippen molar-refractivity contribution in [1.82, 2.24) is 9.71 Å². The van der Waals surface area contributed by atoms with Gasteiger partial charge in [0, 0.05) is 24.0 Å². The van der Waals surface area contributed by atoms with Crippen LogP contribution in [0, 0.1) is 6.92 Å². The Morgan fingerprint density at radius 3 is 2.37 bits per heavy atom. The van der Waals surface area contributed by atoms with Gasteiger partial charge in [0.1, 0.15) is 12.4 Å². The Kier molecular flexibility index (Phi) is 5.88. The first-order valence-corrected chi connectivity index (χ1v) is 10.1. The van der Waals surface area contributed by atoms with Crippen molar-refractivity contribution in [2.24, 2.45) is 0 Å². The van der Waals surface area contributed by atoms with Crippen LogP contribution in [0.1, 0.15) is 29.7 Å². The first kappa shape index (κ1) is 19.1. The molecule has 0 aliphatic carbocycles. The van der Waals surface area contributed by atoms with Crippen LogP contribution in [0.25, 0.3) is 0 Å². The van der Waals surface area contributed by atoms with Crippen molar-refractivity contribution in [2.45, 2.75) is 31.4 Å². The number of hydrogen-bond donors (Lipinski definition) is 1. The lowest BCUT2D eigenvalue weighted by atomic mass is 10.1. The van der Waals surface area contributed by atoms with Crippen LogP contribution in [0.4, 0.5) is 0 Å². The fourth-order valence-corrected chi connectivity index (χ4v) is 3.82. The molecule has 1 N–H and O–H groups in total. The molecule has 0 unspecified atom stereocenters. The van der Waals surface area contributed by atoms with Gasteiger partial charge in [-0.2, -0.15) is 0 Å². The minimum atomic E-state index is -3.57. The molecule has 3 aromatic rings. The highest BCUT2D eigenvalue weighted by Crippen LogP contribution is 2.21. The molecule has 0 saturated carbocycles. The van der Waals surface area contributed by atoms with E-state index in [-0.39, 0.29) is 10.9 Å². The van der Waals surface area contributed by atoms with Gasteiger partial charge in [-0.15, -0.1) is 0 Å². The van der Waals surface area contributed by atoms with E-state index in [0.717, 1.165) is 22.4 Å². The quantitative estimate of drug-likeness (QED) is 0.670.